The lowest BCUT2D eigenvalue weighted by molar-refractivity contribution is 0.0907. The fraction of sp³-hybridized carbons (Fsp3) is 0.562. The number of methoxy groups -OCH3 is 1. The van der Waals surface area contributed by atoms with Gasteiger partial charge in [0.05, 0.1) is 12.2 Å². The summed E-state index contributed by atoms with van der Waals surface area (Å²) in [6.07, 6.45) is 1.08. The maximum atomic E-state index is 12.5. The molecule has 5 nitrogen and oxygen atoms in total. The van der Waals surface area contributed by atoms with Crippen LogP contribution in [0, 0.1) is 5.92 Å². The first-order valence-corrected chi connectivity index (χ1v) is 7.44. The van der Waals surface area contributed by atoms with Crippen LogP contribution in [0.25, 0.3) is 0 Å². The lowest BCUT2D eigenvalue weighted by Crippen LogP contribution is -2.50. The van der Waals surface area contributed by atoms with E-state index in [4.69, 9.17) is 9.47 Å². The van der Waals surface area contributed by atoms with Gasteiger partial charge in [0.2, 0.25) is 0 Å². The van der Waals surface area contributed by atoms with Crippen molar-refractivity contribution in [2.45, 2.75) is 19.4 Å². The average Bonchev–Trinajstić information content (AvgIpc) is 2.50. The zero-order valence-corrected chi connectivity index (χ0v) is 13.9. The SMILES string of the molecule is COCCOc1ccccc1C(=O)NC1CNCCC1C.Cl. The Morgan fingerprint density at radius 3 is 2.86 bits per heavy atom. The summed E-state index contributed by atoms with van der Waals surface area (Å²) in [4.78, 5) is 12.5. The minimum absolute atomic E-state index is 0. The molecule has 0 spiro atoms. The Labute approximate surface area is 138 Å². The van der Waals surface area contributed by atoms with E-state index in [2.05, 4.69) is 17.6 Å². The number of benzene rings is 1. The minimum Gasteiger partial charge on any atom is -0.490 e. The van der Waals surface area contributed by atoms with Crippen molar-refractivity contribution in [2.75, 3.05) is 33.4 Å². The van der Waals surface area contributed by atoms with E-state index in [0.29, 0.717) is 30.4 Å². The van der Waals surface area contributed by atoms with Crippen LogP contribution in [0.15, 0.2) is 24.3 Å². The fourth-order valence-corrected chi connectivity index (χ4v) is 2.44. The van der Waals surface area contributed by atoms with Crippen LogP contribution in [-0.2, 0) is 4.74 Å². The molecule has 6 heteroatoms. The molecule has 124 valence electrons. The first-order chi connectivity index (χ1) is 10.2. The highest BCUT2D eigenvalue weighted by Gasteiger charge is 2.24. The summed E-state index contributed by atoms with van der Waals surface area (Å²) in [6.45, 7) is 4.94. The molecule has 2 unspecified atom stereocenters. The van der Waals surface area contributed by atoms with Gasteiger partial charge < -0.3 is 20.1 Å². The third-order valence-electron chi connectivity index (χ3n) is 3.82. The molecule has 0 radical (unpaired) electrons. The Morgan fingerprint density at radius 2 is 2.14 bits per heavy atom. The van der Waals surface area contributed by atoms with Crippen LogP contribution >= 0.6 is 12.4 Å². The average molecular weight is 329 g/mol. The fourth-order valence-electron chi connectivity index (χ4n) is 2.44. The summed E-state index contributed by atoms with van der Waals surface area (Å²) in [5.74, 6) is 1.00. The molecule has 0 saturated carbocycles. The van der Waals surface area contributed by atoms with Gasteiger partial charge in [-0.1, -0.05) is 19.1 Å². The van der Waals surface area contributed by atoms with Crippen molar-refractivity contribution in [1.82, 2.24) is 10.6 Å². The minimum atomic E-state index is -0.0800. The Kier molecular flexibility index (Phi) is 8.24. The summed E-state index contributed by atoms with van der Waals surface area (Å²) >= 11 is 0. The second kappa shape index (κ2) is 9.66. The molecular weight excluding hydrogens is 304 g/mol. The van der Waals surface area contributed by atoms with Crippen molar-refractivity contribution in [2.24, 2.45) is 5.92 Å². The molecular formula is C16H25ClN2O3. The molecule has 2 N–H and O–H groups in total. The number of piperidine rings is 1. The molecule has 1 fully saturated rings. The predicted molar refractivity (Wildman–Crippen MR) is 89.0 cm³/mol. The van der Waals surface area contributed by atoms with E-state index >= 15 is 0 Å². The van der Waals surface area contributed by atoms with E-state index in [-0.39, 0.29) is 24.4 Å². The number of hydrogen-bond donors (Lipinski definition) is 2. The smallest absolute Gasteiger partial charge is 0.255 e. The highest BCUT2D eigenvalue weighted by atomic mass is 35.5. The second-order valence-corrected chi connectivity index (χ2v) is 5.39. The first-order valence-electron chi connectivity index (χ1n) is 7.44. The number of carbonyl (C=O) groups is 1. The van der Waals surface area contributed by atoms with Gasteiger partial charge in [-0.2, -0.15) is 0 Å². The van der Waals surface area contributed by atoms with Gasteiger partial charge in [0.25, 0.3) is 5.91 Å². The van der Waals surface area contributed by atoms with Gasteiger partial charge in [0.1, 0.15) is 12.4 Å². The lowest BCUT2D eigenvalue weighted by Gasteiger charge is -2.30. The van der Waals surface area contributed by atoms with Crippen molar-refractivity contribution in [1.29, 1.82) is 0 Å². The number of nitrogens with one attached hydrogen (secondary N) is 2. The number of amides is 1. The highest BCUT2D eigenvalue weighted by molar-refractivity contribution is 5.97. The molecule has 1 aromatic carbocycles. The van der Waals surface area contributed by atoms with Crippen LogP contribution in [0.3, 0.4) is 0 Å². The van der Waals surface area contributed by atoms with Crippen LogP contribution in [0.2, 0.25) is 0 Å². The topological polar surface area (TPSA) is 59.6 Å². The van der Waals surface area contributed by atoms with E-state index in [1.807, 2.05) is 18.2 Å². The maximum Gasteiger partial charge on any atom is 0.255 e. The molecule has 0 aliphatic carbocycles. The molecule has 22 heavy (non-hydrogen) atoms. The maximum absolute atomic E-state index is 12.5. The van der Waals surface area contributed by atoms with Crippen molar-refractivity contribution < 1.29 is 14.3 Å². The Hall–Kier alpha value is -1.30. The van der Waals surface area contributed by atoms with Crippen molar-refractivity contribution in [3.63, 3.8) is 0 Å². The third-order valence-corrected chi connectivity index (χ3v) is 3.82. The van der Waals surface area contributed by atoms with Gasteiger partial charge in [-0.05, 0) is 31.0 Å². The first kappa shape index (κ1) is 18.7. The van der Waals surface area contributed by atoms with E-state index < -0.39 is 0 Å². The van der Waals surface area contributed by atoms with Crippen LogP contribution in [0.1, 0.15) is 23.7 Å². The summed E-state index contributed by atoms with van der Waals surface area (Å²) in [5.41, 5.74) is 0.575. The molecule has 0 bridgehead atoms. The second-order valence-electron chi connectivity index (χ2n) is 5.39. The summed E-state index contributed by atoms with van der Waals surface area (Å²) in [6, 6.07) is 7.48. The summed E-state index contributed by atoms with van der Waals surface area (Å²) < 4.78 is 10.6. The van der Waals surface area contributed by atoms with Crippen LogP contribution < -0.4 is 15.4 Å². The van der Waals surface area contributed by atoms with E-state index in [9.17, 15) is 4.79 Å². The number of para-hydroxylation sites is 1. The number of carbonyl (C=O) groups excluding carboxylic acids is 1. The number of halogens is 1. The van der Waals surface area contributed by atoms with Gasteiger partial charge in [-0.25, -0.2) is 0 Å². The van der Waals surface area contributed by atoms with Crippen molar-refractivity contribution >= 4 is 18.3 Å². The molecule has 2 rings (SSSR count). The van der Waals surface area contributed by atoms with Gasteiger partial charge in [-0.15, -0.1) is 12.4 Å². The molecule has 2 atom stereocenters. The predicted octanol–water partition coefficient (Wildman–Crippen LogP) is 1.86. The van der Waals surface area contributed by atoms with E-state index in [1.165, 1.54) is 0 Å². The standard InChI is InChI=1S/C16H24N2O3.ClH/c1-12-7-8-17-11-14(12)18-16(19)13-5-3-4-6-15(13)21-10-9-20-2;/h3-6,12,14,17H,7-11H2,1-2H3,(H,18,19);1H. The number of hydrogen-bond acceptors (Lipinski definition) is 4. The van der Waals surface area contributed by atoms with Crippen molar-refractivity contribution in [3.8, 4) is 5.75 Å². The molecule has 1 amide bonds. The molecule has 1 aliphatic rings. The Bertz CT molecular complexity index is 470. The third kappa shape index (κ3) is 5.16. The number of rotatable bonds is 6. The van der Waals surface area contributed by atoms with E-state index in [0.717, 1.165) is 19.5 Å². The highest BCUT2D eigenvalue weighted by Crippen LogP contribution is 2.19. The summed E-state index contributed by atoms with van der Waals surface area (Å²) in [5, 5.41) is 6.42. The Balaban J connectivity index is 0.00000242. The molecule has 1 heterocycles. The largest absolute Gasteiger partial charge is 0.490 e. The zero-order chi connectivity index (χ0) is 15.1. The molecule has 0 aromatic heterocycles. The molecule has 1 saturated heterocycles. The zero-order valence-electron chi connectivity index (χ0n) is 13.1. The van der Waals surface area contributed by atoms with Crippen LogP contribution in [0.5, 0.6) is 5.75 Å². The lowest BCUT2D eigenvalue weighted by atomic mass is 9.94. The monoisotopic (exact) mass is 328 g/mol. The summed E-state index contributed by atoms with van der Waals surface area (Å²) in [7, 11) is 1.62. The van der Waals surface area contributed by atoms with Crippen molar-refractivity contribution in [3.05, 3.63) is 29.8 Å². The molecule has 1 aliphatic heterocycles. The van der Waals surface area contributed by atoms with Crippen LogP contribution in [-0.4, -0.2) is 45.4 Å². The van der Waals surface area contributed by atoms with E-state index in [1.54, 1.807) is 13.2 Å². The van der Waals surface area contributed by atoms with Gasteiger partial charge in [-0.3, -0.25) is 4.79 Å². The van der Waals surface area contributed by atoms with Crippen LogP contribution in [0.4, 0.5) is 0 Å². The molecule has 1 aromatic rings. The number of ether oxygens (including phenoxy) is 2. The van der Waals surface area contributed by atoms with Gasteiger partial charge in [0, 0.05) is 19.7 Å². The Morgan fingerprint density at radius 1 is 1.36 bits per heavy atom. The van der Waals surface area contributed by atoms with Gasteiger partial charge in [0.15, 0.2) is 0 Å². The normalized spacial score (nSPS) is 20.8. The van der Waals surface area contributed by atoms with Gasteiger partial charge >= 0.3 is 0 Å². The quantitative estimate of drug-likeness (QED) is 0.783.